The van der Waals surface area contributed by atoms with Gasteiger partial charge in [-0.05, 0) is 39.0 Å². The summed E-state index contributed by atoms with van der Waals surface area (Å²) in [6.45, 7) is 9.14. The summed E-state index contributed by atoms with van der Waals surface area (Å²) in [5, 5.41) is 8.97. The SMILES string of the molecule is CC(O)CC(C)(C)CCS(=O)(=O)C(C)C. The van der Waals surface area contributed by atoms with Crippen LogP contribution in [0.5, 0.6) is 0 Å². The largest absolute Gasteiger partial charge is 0.393 e. The first kappa shape index (κ1) is 14.9. The average molecular weight is 236 g/mol. The topological polar surface area (TPSA) is 54.4 Å². The summed E-state index contributed by atoms with van der Waals surface area (Å²) in [7, 11) is -2.95. The number of rotatable bonds is 6. The zero-order valence-corrected chi connectivity index (χ0v) is 11.3. The van der Waals surface area contributed by atoms with Crippen molar-refractivity contribution in [2.75, 3.05) is 5.75 Å². The molecule has 15 heavy (non-hydrogen) atoms. The third kappa shape index (κ3) is 6.15. The van der Waals surface area contributed by atoms with Gasteiger partial charge in [0.1, 0.15) is 0 Å². The summed E-state index contributed by atoms with van der Waals surface area (Å²) in [5.41, 5.74) is -0.115. The van der Waals surface area contributed by atoms with E-state index in [1.807, 2.05) is 13.8 Å². The molecule has 1 atom stereocenters. The van der Waals surface area contributed by atoms with E-state index < -0.39 is 9.84 Å². The van der Waals surface area contributed by atoms with Crippen LogP contribution in [0.3, 0.4) is 0 Å². The van der Waals surface area contributed by atoms with Gasteiger partial charge in [0.05, 0.1) is 17.1 Å². The second-order valence-electron chi connectivity index (χ2n) is 5.38. The van der Waals surface area contributed by atoms with Gasteiger partial charge in [-0.2, -0.15) is 0 Å². The molecule has 0 heterocycles. The van der Waals surface area contributed by atoms with E-state index in [1.165, 1.54) is 0 Å². The zero-order valence-electron chi connectivity index (χ0n) is 10.4. The highest BCUT2D eigenvalue weighted by Crippen LogP contribution is 2.27. The zero-order chi connectivity index (χ0) is 12.3. The molecule has 0 saturated carbocycles. The monoisotopic (exact) mass is 236 g/mol. The van der Waals surface area contributed by atoms with E-state index in [2.05, 4.69) is 0 Å². The molecule has 0 aromatic heterocycles. The van der Waals surface area contributed by atoms with Gasteiger partial charge in [0, 0.05) is 0 Å². The quantitative estimate of drug-likeness (QED) is 0.767. The van der Waals surface area contributed by atoms with E-state index in [1.54, 1.807) is 20.8 Å². The van der Waals surface area contributed by atoms with Crippen LogP contribution >= 0.6 is 0 Å². The van der Waals surface area contributed by atoms with Crippen LogP contribution in [0.4, 0.5) is 0 Å². The van der Waals surface area contributed by atoms with Crippen LogP contribution in [0.1, 0.15) is 47.5 Å². The lowest BCUT2D eigenvalue weighted by Crippen LogP contribution is -2.25. The lowest BCUT2D eigenvalue weighted by Gasteiger charge is -2.26. The Morgan fingerprint density at radius 3 is 2.00 bits per heavy atom. The standard InChI is InChI=1S/C11H24O3S/c1-9(2)15(13,14)7-6-11(4,5)8-10(3)12/h9-10,12H,6-8H2,1-5H3. The molecule has 4 heteroatoms. The molecule has 0 radical (unpaired) electrons. The van der Waals surface area contributed by atoms with E-state index in [-0.39, 0.29) is 22.5 Å². The van der Waals surface area contributed by atoms with Gasteiger partial charge in [-0.3, -0.25) is 0 Å². The van der Waals surface area contributed by atoms with Crippen LogP contribution in [0.25, 0.3) is 0 Å². The van der Waals surface area contributed by atoms with E-state index in [0.717, 1.165) is 0 Å². The van der Waals surface area contributed by atoms with Crippen molar-refractivity contribution in [3.05, 3.63) is 0 Å². The Bertz CT molecular complexity index is 276. The van der Waals surface area contributed by atoms with Gasteiger partial charge in [0.25, 0.3) is 0 Å². The molecule has 0 aromatic carbocycles. The van der Waals surface area contributed by atoms with Gasteiger partial charge < -0.3 is 5.11 Å². The smallest absolute Gasteiger partial charge is 0.152 e. The number of aliphatic hydroxyl groups excluding tert-OH is 1. The number of sulfone groups is 1. The lowest BCUT2D eigenvalue weighted by atomic mass is 9.84. The first-order chi connectivity index (χ1) is 6.57. The molecule has 0 aliphatic rings. The number of aliphatic hydroxyl groups is 1. The van der Waals surface area contributed by atoms with E-state index in [4.69, 9.17) is 0 Å². The second-order valence-corrected chi connectivity index (χ2v) is 8.06. The van der Waals surface area contributed by atoms with Crippen LogP contribution in [0.15, 0.2) is 0 Å². The number of hydrogen-bond acceptors (Lipinski definition) is 3. The van der Waals surface area contributed by atoms with Crippen molar-refractivity contribution in [3.8, 4) is 0 Å². The maximum atomic E-state index is 11.6. The Balaban J connectivity index is 4.27. The molecule has 1 N–H and O–H groups in total. The Hall–Kier alpha value is -0.0900. The molecule has 0 fully saturated rings. The van der Waals surface area contributed by atoms with Gasteiger partial charge in [-0.1, -0.05) is 13.8 Å². The Labute approximate surface area is 93.8 Å². The Kier molecular flexibility index (Phi) is 5.27. The fraction of sp³-hybridized carbons (Fsp3) is 1.00. The van der Waals surface area contributed by atoms with Gasteiger partial charge in [0.2, 0.25) is 0 Å². The maximum absolute atomic E-state index is 11.6. The average Bonchev–Trinajstić information content (AvgIpc) is 1.98. The molecule has 0 bridgehead atoms. The highest BCUT2D eigenvalue weighted by atomic mass is 32.2. The molecule has 0 saturated heterocycles. The minimum atomic E-state index is -2.95. The first-order valence-electron chi connectivity index (χ1n) is 5.46. The van der Waals surface area contributed by atoms with Crippen molar-refractivity contribution in [2.24, 2.45) is 5.41 Å². The molecule has 3 nitrogen and oxygen atoms in total. The predicted octanol–water partition coefficient (Wildman–Crippen LogP) is 2.00. The fourth-order valence-electron chi connectivity index (χ4n) is 1.56. The van der Waals surface area contributed by atoms with Crippen molar-refractivity contribution in [1.82, 2.24) is 0 Å². The number of hydrogen-bond donors (Lipinski definition) is 1. The highest BCUT2D eigenvalue weighted by molar-refractivity contribution is 7.91. The first-order valence-corrected chi connectivity index (χ1v) is 7.18. The van der Waals surface area contributed by atoms with Crippen LogP contribution in [-0.2, 0) is 9.84 Å². The van der Waals surface area contributed by atoms with Crippen molar-refractivity contribution >= 4 is 9.84 Å². The molecule has 0 spiro atoms. The summed E-state index contributed by atoms with van der Waals surface area (Å²) in [4.78, 5) is 0. The van der Waals surface area contributed by atoms with Gasteiger partial charge in [-0.25, -0.2) is 8.42 Å². The van der Waals surface area contributed by atoms with Crippen molar-refractivity contribution < 1.29 is 13.5 Å². The molecule has 0 aliphatic carbocycles. The van der Waals surface area contributed by atoms with E-state index >= 15 is 0 Å². The molecule has 1 unspecified atom stereocenters. The van der Waals surface area contributed by atoms with Crippen molar-refractivity contribution in [3.63, 3.8) is 0 Å². The minimum absolute atomic E-state index is 0.115. The predicted molar refractivity (Wildman–Crippen MR) is 63.6 cm³/mol. The molecular weight excluding hydrogens is 212 g/mol. The van der Waals surface area contributed by atoms with Gasteiger partial charge in [-0.15, -0.1) is 0 Å². The minimum Gasteiger partial charge on any atom is -0.393 e. The van der Waals surface area contributed by atoms with Crippen LogP contribution in [0.2, 0.25) is 0 Å². The molecule has 0 amide bonds. The summed E-state index contributed by atoms with van der Waals surface area (Å²) < 4.78 is 23.2. The summed E-state index contributed by atoms with van der Waals surface area (Å²) in [6.07, 6.45) is 0.876. The molecule has 0 aliphatic heterocycles. The Morgan fingerprint density at radius 2 is 1.67 bits per heavy atom. The van der Waals surface area contributed by atoms with Crippen LogP contribution < -0.4 is 0 Å². The van der Waals surface area contributed by atoms with E-state index in [0.29, 0.717) is 12.8 Å². The van der Waals surface area contributed by atoms with E-state index in [9.17, 15) is 13.5 Å². The molecule has 92 valence electrons. The third-order valence-corrected chi connectivity index (χ3v) is 4.84. The van der Waals surface area contributed by atoms with Gasteiger partial charge in [0.15, 0.2) is 9.84 Å². The van der Waals surface area contributed by atoms with Crippen molar-refractivity contribution in [2.45, 2.75) is 58.8 Å². The summed E-state index contributed by atoms with van der Waals surface area (Å²) in [6, 6.07) is 0. The molecule has 0 rings (SSSR count). The summed E-state index contributed by atoms with van der Waals surface area (Å²) >= 11 is 0. The van der Waals surface area contributed by atoms with Crippen LogP contribution in [-0.4, -0.2) is 30.6 Å². The normalized spacial score (nSPS) is 15.7. The maximum Gasteiger partial charge on any atom is 0.152 e. The Morgan fingerprint density at radius 1 is 1.20 bits per heavy atom. The van der Waals surface area contributed by atoms with Gasteiger partial charge >= 0.3 is 0 Å². The van der Waals surface area contributed by atoms with Crippen molar-refractivity contribution in [1.29, 1.82) is 0 Å². The van der Waals surface area contributed by atoms with Crippen LogP contribution in [0, 0.1) is 5.41 Å². The second kappa shape index (κ2) is 5.30. The third-order valence-electron chi connectivity index (χ3n) is 2.63. The lowest BCUT2D eigenvalue weighted by molar-refractivity contribution is 0.127. The molecule has 0 aromatic rings. The fourth-order valence-corrected chi connectivity index (χ4v) is 2.86. The molecular formula is C11H24O3S. The highest BCUT2D eigenvalue weighted by Gasteiger charge is 2.24. The summed E-state index contributed by atoms with van der Waals surface area (Å²) in [5.74, 6) is 0.213.